The van der Waals surface area contributed by atoms with Gasteiger partial charge in [0.2, 0.25) is 0 Å². The van der Waals surface area contributed by atoms with Gasteiger partial charge in [0.05, 0.1) is 0 Å². The monoisotopic (exact) mass is 203 g/mol. The van der Waals surface area contributed by atoms with Crippen molar-refractivity contribution in [3.05, 3.63) is 16.1 Å². The number of carboxylic acid groups (broad SMARTS) is 1. The smallest absolute Gasteiger partial charge is 0.335 e. The maximum atomic E-state index is 10.3. The molecule has 2 unspecified atom stereocenters. The first-order valence-electron chi connectivity index (χ1n) is 3.53. The fourth-order valence-electron chi connectivity index (χ4n) is 0.779. The molecular formula is C7H9NO4S. The summed E-state index contributed by atoms with van der Waals surface area (Å²) in [7, 11) is 0. The van der Waals surface area contributed by atoms with Crippen molar-refractivity contribution in [2.75, 3.05) is 0 Å². The number of aliphatic hydroxyl groups excluding tert-OH is 2. The van der Waals surface area contributed by atoms with Crippen LogP contribution in [0.3, 0.4) is 0 Å². The van der Waals surface area contributed by atoms with E-state index in [1.165, 1.54) is 6.20 Å². The highest BCUT2D eigenvalue weighted by molar-refractivity contribution is 7.11. The van der Waals surface area contributed by atoms with Crippen molar-refractivity contribution in [1.29, 1.82) is 0 Å². The van der Waals surface area contributed by atoms with Gasteiger partial charge >= 0.3 is 5.97 Å². The Kier molecular flexibility index (Phi) is 2.97. The Morgan fingerprint density at radius 2 is 2.23 bits per heavy atom. The van der Waals surface area contributed by atoms with Gasteiger partial charge in [-0.2, -0.15) is 0 Å². The molecule has 0 aliphatic carbocycles. The molecule has 1 aromatic heterocycles. The molecule has 5 nitrogen and oxygen atoms in total. The fraction of sp³-hybridized carbons (Fsp3) is 0.429. The highest BCUT2D eigenvalue weighted by atomic mass is 32.1. The van der Waals surface area contributed by atoms with Crippen molar-refractivity contribution in [2.24, 2.45) is 0 Å². The van der Waals surface area contributed by atoms with E-state index in [9.17, 15) is 9.90 Å². The van der Waals surface area contributed by atoms with Crippen molar-refractivity contribution in [2.45, 2.75) is 19.1 Å². The second-order valence-corrected chi connectivity index (χ2v) is 3.80. The van der Waals surface area contributed by atoms with Crippen LogP contribution in [0.2, 0.25) is 0 Å². The number of nitrogens with zero attached hydrogens (tertiary/aromatic N) is 1. The molecule has 0 spiro atoms. The molecule has 0 fully saturated rings. The molecule has 0 saturated carbocycles. The van der Waals surface area contributed by atoms with Crippen molar-refractivity contribution in [3.8, 4) is 0 Å². The van der Waals surface area contributed by atoms with Crippen LogP contribution in [0.5, 0.6) is 0 Å². The summed E-state index contributed by atoms with van der Waals surface area (Å²) in [5.41, 5.74) is 0. The molecule has 1 heterocycles. The van der Waals surface area contributed by atoms with E-state index < -0.39 is 18.2 Å². The third kappa shape index (κ3) is 2.24. The van der Waals surface area contributed by atoms with Crippen LogP contribution in [-0.2, 0) is 4.79 Å². The molecule has 0 radical (unpaired) electrons. The first kappa shape index (κ1) is 10.1. The average Bonchev–Trinajstić information content (AvgIpc) is 2.49. The molecule has 72 valence electrons. The Morgan fingerprint density at radius 3 is 2.62 bits per heavy atom. The molecule has 0 bridgehead atoms. The van der Waals surface area contributed by atoms with E-state index in [1.807, 2.05) is 0 Å². The van der Waals surface area contributed by atoms with Gasteiger partial charge in [0.25, 0.3) is 0 Å². The van der Waals surface area contributed by atoms with E-state index in [1.54, 1.807) is 6.92 Å². The van der Waals surface area contributed by atoms with Crippen LogP contribution in [0.1, 0.15) is 16.0 Å². The van der Waals surface area contributed by atoms with Gasteiger partial charge < -0.3 is 15.3 Å². The number of hydrogen-bond donors (Lipinski definition) is 3. The summed E-state index contributed by atoms with van der Waals surface area (Å²) < 4.78 is 0. The van der Waals surface area contributed by atoms with Crippen LogP contribution in [0.4, 0.5) is 0 Å². The standard InChI is InChI=1S/C7H9NO4S/c1-3-2-8-6(13-3)4(9)5(10)7(11)12/h2,4-5,9-10H,1H3,(H,11,12). The molecule has 0 aliphatic rings. The Balaban J connectivity index is 2.78. The second-order valence-electron chi connectivity index (χ2n) is 2.54. The van der Waals surface area contributed by atoms with Gasteiger partial charge in [-0.15, -0.1) is 11.3 Å². The fourth-order valence-corrected chi connectivity index (χ4v) is 1.57. The first-order chi connectivity index (χ1) is 6.02. The number of rotatable bonds is 3. The lowest BCUT2D eigenvalue weighted by Crippen LogP contribution is -2.27. The number of carbonyl (C=O) groups is 1. The van der Waals surface area contributed by atoms with Crippen LogP contribution in [-0.4, -0.2) is 32.4 Å². The topological polar surface area (TPSA) is 90.7 Å². The van der Waals surface area contributed by atoms with Crippen LogP contribution < -0.4 is 0 Å². The Bertz CT molecular complexity index is 311. The van der Waals surface area contributed by atoms with E-state index in [4.69, 9.17) is 10.2 Å². The number of carboxylic acids is 1. The second kappa shape index (κ2) is 3.82. The molecule has 6 heteroatoms. The number of aliphatic hydroxyl groups is 2. The van der Waals surface area contributed by atoms with Crippen molar-refractivity contribution < 1.29 is 20.1 Å². The predicted molar refractivity (Wildman–Crippen MR) is 45.5 cm³/mol. The Morgan fingerprint density at radius 1 is 1.62 bits per heavy atom. The number of aryl methyl sites for hydroxylation is 1. The zero-order valence-corrected chi connectivity index (χ0v) is 7.65. The highest BCUT2D eigenvalue weighted by Gasteiger charge is 2.27. The molecule has 2 atom stereocenters. The predicted octanol–water partition coefficient (Wildman–Crippen LogP) is -0.0696. The minimum Gasteiger partial charge on any atom is -0.479 e. The number of aromatic nitrogens is 1. The minimum absolute atomic E-state index is 0.215. The van der Waals surface area contributed by atoms with Crippen molar-refractivity contribution in [1.82, 2.24) is 4.98 Å². The van der Waals surface area contributed by atoms with Crippen LogP contribution in [0, 0.1) is 6.92 Å². The molecule has 0 aromatic carbocycles. The highest BCUT2D eigenvalue weighted by Crippen LogP contribution is 2.22. The van der Waals surface area contributed by atoms with Gasteiger partial charge in [-0.05, 0) is 6.92 Å². The summed E-state index contributed by atoms with van der Waals surface area (Å²) in [6.45, 7) is 1.78. The maximum absolute atomic E-state index is 10.3. The summed E-state index contributed by atoms with van der Waals surface area (Å²) in [4.78, 5) is 14.9. The lowest BCUT2D eigenvalue weighted by molar-refractivity contribution is -0.153. The minimum atomic E-state index is -1.81. The van der Waals surface area contributed by atoms with Gasteiger partial charge in [-0.25, -0.2) is 9.78 Å². The van der Waals surface area contributed by atoms with Gasteiger partial charge in [0.1, 0.15) is 11.1 Å². The maximum Gasteiger partial charge on any atom is 0.335 e. The molecule has 0 saturated heterocycles. The summed E-state index contributed by atoms with van der Waals surface area (Å²) >= 11 is 1.16. The molecule has 1 rings (SSSR count). The van der Waals surface area contributed by atoms with E-state index in [0.29, 0.717) is 0 Å². The normalized spacial score (nSPS) is 15.3. The van der Waals surface area contributed by atoms with E-state index >= 15 is 0 Å². The largest absolute Gasteiger partial charge is 0.479 e. The Labute approximate surface area is 78.3 Å². The molecule has 3 N–H and O–H groups in total. The third-order valence-electron chi connectivity index (χ3n) is 1.44. The van der Waals surface area contributed by atoms with Crippen molar-refractivity contribution >= 4 is 17.3 Å². The zero-order chi connectivity index (χ0) is 10.0. The van der Waals surface area contributed by atoms with Crippen LogP contribution in [0.25, 0.3) is 0 Å². The summed E-state index contributed by atoms with van der Waals surface area (Å²) in [5.74, 6) is -1.46. The van der Waals surface area contributed by atoms with Gasteiger partial charge in [-0.3, -0.25) is 0 Å². The molecule has 1 aromatic rings. The van der Waals surface area contributed by atoms with E-state index in [-0.39, 0.29) is 5.01 Å². The van der Waals surface area contributed by atoms with Crippen LogP contribution in [0.15, 0.2) is 6.20 Å². The SMILES string of the molecule is Cc1cnc(C(O)C(O)C(=O)O)s1. The summed E-state index contributed by atoms with van der Waals surface area (Å²) in [6.07, 6.45) is -1.75. The average molecular weight is 203 g/mol. The van der Waals surface area contributed by atoms with Crippen molar-refractivity contribution in [3.63, 3.8) is 0 Å². The van der Waals surface area contributed by atoms with Crippen LogP contribution >= 0.6 is 11.3 Å². The number of aliphatic carboxylic acids is 1. The molecule has 0 aliphatic heterocycles. The summed E-state index contributed by atoms with van der Waals surface area (Å²) in [6, 6.07) is 0. The quantitative estimate of drug-likeness (QED) is 0.639. The van der Waals surface area contributed by atoms with Gasteiger partial charge in [0, 0.05) is 11.1 Å². The van der Waals surface area contributed by atoms with Gasteiger partial charge in [0.15, 0.2) is 6.10 Å². The lowest BCUT2D eigenvalue weighted by atomic mass is 10.2. The first-order valence-corrected chi connectivity index (χ1v) is 4.35. The summed E-state index contributed by atoms with van der Waals surface area (Å²) in [5, 5.41) is 26.9. The lowest BCUT2D eigenvalue weighted by Gasteiger charge is -2.10. The Hall–Kier alpha value is -0.980. The molecule has 0 amide bonds. The zero-order valence-electron chi connectivity index (χ0n) is 6.84. The third-order valence-corrected chi connectivity index (χ3v) is 2.43. The van der Waals surface area contributed by atoms with E-state index in [2.05, 4.69) is 4.98 Å². The van der Waals surface area contributed by atoms with E-state index in [0.717, 1.165) is 16.2 Å². The number of thiazole rings is 1. The number of hydrogen-bond acceptors (Lipinski definition) is 5. The molecular weight excluding hydrogens is 194 g/mol. The molecule has 13 heavy (non-hydrogen) atoms. The van der Waals surface area contributed by atoms with Gasteiger partial charge in [-0.1, -0.05) is 0 Å².